The second-order valence-electron chi connectivity index (χ2n) is 4.36. The molecule has 1 aromatic carbocycles. The first-order chi connectivity index (χ1) is 9.92. The van der Waals surface area contributed by atoms with Crippen molar-refractivity contribution >= 4 is 21.4 Å². The quantitative estimate of drug-likeness (QED) is 0.664. The molecule has 0 spiro atoms. The summed E-state index contributed by atoms with van der Waals surface area (Å²) in [5.74, 6) is 1.12. The number of sulfonamides is 1. The summed E-state index contributed by atoms with van der Waals surface area (Å²) in [6.45, 7) is 2.28. The predicted molar refractivity (Wildman–Crippen MR) is 78.3 cm³/mol. The molecule has 0 aliphatic rings. The minimum Gasteiger partial charge on any atom is -0.397 e. The first-order valence-electron chi connectivity index (χ1n) is 6.28. The van der Waals surface area contributed by atoms with Crippen molar-refractivity contribution < 1.29 is 12.9 Å². The molecule has 0 radical (unpaired) electrons. The second-order valence-corrected chi connectivity index (χ2v) is 6.25. The average molecular weight is 311 g/mol. The van der Waals surface area contributed by atoms with Crippen molar-refractivity contribution in [3.05, 3.63) is 29.9 Å². The maximum atomic E-state index is 11.7. The van der Waals surface area contributed by atoms with E-state index in [0.717, 1.165) is 0 Å². The van der Waals surface area contributed by atoms with Gasteiger partial charge in [-0.05, 0) is 25.2 Å². The smallest absolute Gasteiger partial charge is 0.240 e. The molecule has 0 saturated heterocycles. The van der Waals surface area contributed by atoms with E-state index in [1.165, 1.54) is 19.2 Å². The van der Waals surface area contributed by atoms with Crippen LogP contribution < -0.4 is 15.8 Å². The van der Waals surface area contributed by atoms with Gasteiger partial charge in [-0.2, -0.15) is 4.98 Å². The van der Waals surface area contributed by atoms with Gasteiger partial charge in [-0.3, -0.25) is 0 Å². The molecular formula is C12H17N5O3S. The number of nitrogens with one attached hydrogen (secondary N) is 2. The SMILES string of the molecule is CNS(=O)(=O)c1ccc(NCCc2noc(C)n2)c(N)c1. The zero-order valence-corrected chi connectivity index (χ0v) is 12.6. The van der Waals surface area contributed by atoms with E-state index in [0.29, 0.717) is 36.1 Å². The molecule has 0 aliphatic carbocycles. The molecule has 114 valence electrons. The zero-order valence-electron chi connectivity index (χ0n) is 11.8. The third kappa shape index (κ3) is 3.70. The van der Waals surface area contributed by atoms with Crippen LogP contribution in [0.5, 0.6) is 0 Å². The van der Waals surface area contributed by atoms with Gasteiger partial charge in [0.05, 0.1) is 16.3 Å². The van der Waals surface area contributed by atoms with Gasteiger partial charge in [-0.25, -0.2) is 13.1 Å². The molecule has 21 heavy (non-hydrogen) atoms. The van der Waals surface area contributed by atoms with Gasteiger partial charge in [0, 0.05) is 19.9 Å². The largest absolute Gasteiger partial charge is 0.397 e. The Bertz CT molecular complexity index is 726. The minimum atomic E-state index is -3.49. The molecule has 1 aromatic heterocycles. The van der Waals surface area contributed by atoms with Crippen molar-refractivity contribution in [3.8, 4) is 0 Å². The van der Waals surface area contributed by atoms with Crippen LogP contribution in [0, 0.1) is 6.92 Å². The number of aromatic nitrogens is 2. The fourth-order valence-corrected chi connectivity index (χ4v) is 2.50. The first kappa shape index (κ1) is 15.3. The third-order valence-electron chi connectivity index (χ3n) is 2.84. The molecule has 2 aromatic rings. The summed E-state index contributed by atoms with van der Waals surface area (Å²) in [5, 5.41) is 6.89. The van der Waals surface area contributed by atoms with Crippen molar-refractivity contribution in [1.29, 1.82) is 0 Å². The van der Waals surface area contributed by atoms with Gasteiger partial charge >= 0.3 is 0 Å². The Kier molecular flexibility index (Phi) is 4.43. The number of rotatable bonds is 6. The fourth-order valence-electron chi connectivity index (χ4n) is 1.74. The van der Waals surface area contributed by atoms with Crippen LogP contribution in [0.3, 0.4) is 0 Å². The monoisotopic (exact) mass is 311 g/mol. The summed E-state index contributed by atoms with van der Waals surface area (Å²) in [7, 11) is -2.14. The van der Waals surface area contributed by atoms with Crippen LogP contribution in [0.2, 0.25) is 0 Å². The molecule has 0 aliphatic heterocycles. The van der Waals surface area contributed by atoms with Gasteiger partial charge in [0.25, 0.3) is 0 Å². The summed E-state index contributed by atoms with van der Waals surface area (Å²) in [5.41, 5.74) is 6.87. The number of anilines is 2. The molecule has 9 heteroatoms. The number of benzene rings is 1. The molecule has 0 fully saturated rings. The van der Waals surface area contributed by atoms with Crippen molar-refractivity contribution in [1.82, 2.24) is 14.9 Å². The topological polar surface area (TPSA) is 123 Å². The van der Waals surface area contributed by atoms with E-state index in [4.69, 9.17) is 10.3 Å². The van der Waals surface area contributed by atoms with E-state index in [-0.39, 0.29) is 4.90 Å². The Morgan fingerprint density at radius 2 is 2.14 bits per heavy atom. The molecule has 0 bridgehead atoms. The van der Waals surface area contributed by atoms with Crippen LogP contribution in [0.25, 0.3) is 0 Å². The van der Waals surface area contributed by atoms with Gasteiger partial charge in [0.15, 0.2) is 5.82 Å². The van der Waals surface area contributed by atoms with Gasteiger partial charge < -0.3 is 15.6 Å². The molecule has 0 saturated carbocycles. The third-order valence-corrected chi connectivity index (χ3v) is 4.25. The highest BCUT2D eigenvalue weighted by Gasteiger charge is 2.12. The van der Waals surface area contributed by atoms with Crippen LogP contribution in [0.4, 0.5) is 11.4 Å². The lowest BCUT2D eigenvalue weighted by atomic mass is 10.2. The van der Waals surface area contributed by atoms with Crippen LogP contribution in [-0.2, 0) is 16.4 Å². The standard InChI is InChI=1S/C12H17N5O3S/c1-8-16-12(17-20-8)5-6-15-11-4-3-9(7-10(11)13)21(18,19)14-2/h3-4,7,14-15H,5-6,13H2,1-2H3. The van der Waals surface area contributed by atoms with E-state index in [9.17, 15) is 8.42 Å². The van der Waals surface area contributed by atoms with E-state index in [1.807, 2.05) is 0 Å². The lowest BCUT2D eigenvalue weighted by Crippen LogP contribution is -2.19. The van der Waals surface area contributed by atoms with Gasteiger partial charge in [0.1, 0.15) is 0 Å². The van der Waals surface area contributed by atoms with Crippen molar-refractivity contribution in [2.45, 2.75) is 18.2 Å². The number of aryl methyl sites for hydroxylation is 1. The molecule has 0 unspecified atom stereocenters. The minimum absolute atomic E-state index is 0.127. The lowest BCUT2D eigenvalue weighted by Gasteiger charge is -2.10. The van der Waals surface area contributed by atoms with E-state index in [2.05, 4.69) is 20.2 Å². The second kappa shape index (κ2) is 6.10. The van der Waals surface area contributed by atoms with Crippen molar-refractivity contribution in [3.63, 3.8) is 0 Å². The Labute approximate surface area is 122 Å². The van der Waals surface area contributed by atoms with E-state index >= 15 is 0 Å². The number of nitrogens with two attached hydrogens (primary N) is 1. The van der Waals surface area contributed by atoms with Crippen LogP contribution in [-0.4, -0.2) is 32.2 Å². The normalized spacial score (nSPS) is 11.5. The van der Waals surface area contributed by atoms with Gasteiger partial charge in [0.2, 0.25) is 15.9 Å². The summed E-state index contributed by atoms with van der Waals surface area (Å²) in [6, 6.07) is 4.52. The zero-order chi connectivity index (χ0) is 15.5. The van der Waals surface area contributed by atoms with E-state index < -0.39 is 10.0 Å². The first-order valence-corrected chi connectivity index (χ1v) is 7.77. The van der Waals surface area contributed by atoms with Gasteiger partial charge in [-0.15, -0.1) is 0 Å². The maximum absolute atomic E-state index is 11.7. The summed E-state index contributed by atoms with van der Waals surface area (Å²) >= 11 is 0. The average Bonchev–Trinajstić information content (AvgIpc) is 2.86. The number of nitrogen functional groups attached to an aromatic ring is 1. The number of hydrogen-bond donors (Lipinski definition) is 3. The highest BCUT2D eigenvalue weighted by atomic mass is 32.2. The molecule has 4 N–H and O–H groups in total. The Morgan fingerprint density at radius 1 is 1.38 bits per heavy atom. The fraction of sp³-hybridized carbons (Fsp3) is 0.333. The molecule has 8 nitrogen and oxygen atoms in total. The highest BCUT2D eigenvalue weighted by Crippen LogP contribution is 2.22. The van der Waals surface area contributed by atoms with Crippen LogP contribution in [0.1, 0.15) is 11.7 Å². The molecule has 2 rings (SSSR count). The Morgan fingerprint density at radius 3 is 2.71 bits per heavy atom. The lowest BCUT2D eigenvalue weighted by molar-refractivity contribution is 0.387. The number of hydrogen-bond acceptors (Lipinski definition) is 7. The molecular weight excluding hydrogens is 294 g/mol. The van der Waals surface area contributed by atoms with E-state index in [1.54, 1.807) is 13.0 Å². The molecule has 0 atom stereocenters. The predicted octanol–water partition coefficient (Wildman–Crippen LogP) is 0.523. The summed E-state index contributed by atoms with van der Waals surface area (Å²) in [6.07, 6.45) is 0.577. The van der Waals surface area contributed by atoms with Crippen molar-refractivity contribution in [2.75, 3.05) is 24.6 Å². The van der Waals surface area contributed by atoms with Gasteiger partial charge in [-0.1, -0.05) is 5.16 Å². The maximum Gasteiger partial charge on any atom is 0.240 e. The van der Waals surface area contributed by atoms with Crippen molar-refractivity contribution in [2.24, 2.45) is 0 Å². The number of nitrogens with zero attached hydrogens (tertiary/aromatic N) is 2. The summed E-state index contributed by atoms with van der Waals surface area (Å²) in [4.78, 5) is 4.21. The van der Waals surface area contributed by atoms with Crippen LogP contribution >= 0.6 is 0 Å². The molecule has 1 heterocycles. The highest BCUT2D eigenvalue weighted by molar-refractivity contribution is 7.89. The molecule has 0 amide bonds. The Balaban J connectivity index is 2.01. The summed E-state index contributed by atoms with van der Waals surface area (Å²) < 4.78 is 30.4. The Hall–Kier alpha value is -2.13. The van der Waals surface area contributed by atoms with Crippen LogP contribution in [0.15, 0.2) is 27.6 Å².